The number of benzene rings is 2. The monoisotopic (exact) mass is 334 g/mol. The van der Waals surface area contributed by atoms with Crippen molar-refractivity contribution in [2.24, 2.45) is 16.0 Å². The van der Waals surface area contributed by atoms with Gasteiger partial charge in [0, 0.05) is 22.8 Å². The molecule has 1 unspecified atom stereocenters. The van der Waals surface area contributed by atoms with Gasteiger partial charge >= 0.3 is 0 Å². The molecule has 1 aromatic heterocycles. The van der Waals surface area contributed by atoms with Crippen molar-refractivity contribution in [2.45, 2.75) is 13.0 Å². The van der Waals surface area contributed by atoms with E-state index in [1.54, 1.807) is 6.20 Å². The minimum Gasteiger partial charge on any atom is -0.367 e. The fourth-order valence-electron chi connectivity index (χ4n) is 2.52. The van der Waals surface area contributed by atoms with Crippen LogP contribution < -0.4 is 11.1 Å². The summed E-state index contributed by atoms with van der Waals surface area (Å²) in [7, 11) is 0. The first kappa shape index (κ1) is 16.4. The number of nitrogens with two attached hydrogens (primary N) is 1. The Bertz CT molecular complexity index is 942. The summed E-state index contributed by atoms with van der Waals surface area (Å²) < 4.78 is 0. The maximum atomic E-state index is 12.5. The van der Waals surface area contributed by atoms with Gasteiger partial charge in [-0.3, -0.25) is 10.2 Å². The number of nitrogens with zero attached hydrogens (tertiary/aromatic N) is 2. The van der Waals surface area contributed by atoms with E-state index < -0.39 is 0 Å². The van der Waals surface area contributed by atoms with Crippen LogP contribution in [0, 0.1) is 5.41 Å². The van der Waals surface area contributed by atoms with Gasteiger partial charge in [-0.2, -0.15) is 5.11 Å². The van der Waals surface area contributed by atoms with Crippen molar-refractivity contribution in [3.05, 3.63) is 65.9 Å². The number of aromatic nitrogens is 1. The third-order valence-corrected chi connectivity index (χ3v) is 3.82. The second kappa shape index (κ2) is 6.96. The van der Waals surface area contributed by atoms with Crippen molar-refractivity contribution >= 4 is 28.5 Å². The topological polar surface area (TPSA) is 119 Å². The molecule has 0 aliphatic heterocycles. The normalized spacial score (nSPS) is 12.4. The van der Waals surface area contributed by atoms with Crippen LogP contribution in [0.5, 0.6) is 0 Å². The second-order valence-electron chi connectivity index (χ2n) is 5.60. The molecule has 3 aromatic rings. The van der Waals surface area contributed by atoms with Gasteiger partial charge in [0.05, 0.1) is 11.6 Å². The number of aromatic amines is 1. The molecule has 0 aliphatic rings. The summed E-state index contributed by atoms with van der Waals surface area (Å²) in [5, 5.41) is 18.3. The number of H-pyrrole nitrogens is 1. The quantitative estimate of drug-likeness (QED) is 0.329. The molecule has 3 rings (SSSR count). The van der Waals surface area contributed by atoms with Crippen LogP contribution in [-0.2, 0) is 0 Å². The Morgan fingerprint density at radius 1 is 1.20 bits per heavy atom. The molecule has 0 spiro atoms. The molecule has 0 radical (unpaired) electrons. The minimum atomic E-state index is -0.325. The lowest BCUT2D eigenvalue weighted by Crippen LogP contribution is -2.11. The molecule has 126 valence electrons. The van der Waals surface area contributed by atoms with E-state index in [-0.39, 0.29) is 17.9 Å². The van der Waals surface area contributed by atoms with Crippen molar-refractivity contribution < 1.29 is 4.79 Å². The predicted molar refractivity (Wildman–Crippen MR) is 97.9 cm³/mol. The number of nitrogens with one attached hydrogen (secondary N) is 3. The number of amides is 1. The molecule has 5 N–H and O–H groups in total. The largest absolute Gasteiger partial charge is 0.367 e. The molecule has 2 aromatic carbocycles. The molecular formula is C18H18N6O. The number of anilines is 1. The predicted octanol–water partition coefficient (Wildman–Crippen LogP) is 3.83. The Labute approximate surface area is 144 Å². The summed E-state index contributed by atoms with van der Waals surface area (Å²) in [5.74, 6) is -0.496. The third-order valence-electron chi connectivity index (χ3n) is 3.82. The van der Waals surface area contributed by atoms with Gasteiger partial charge in [-0.05, 0) is 30.7 Å². The van der Waals surface area contributed by atoms with Gasteiger partial charge in [0.2, 0.25) is 5.96 Å². The summed E-state index contributed by atoms with van der Waals surface area (Å²) >= 11 is 0. The number of para-hydroxylation sites is 1. The first-order chi connectivity index (χ1) is 12.0. The SMILES string of the molecule is CC(N=NC(=N)N)c1ccc(NC(=O)c2c[nH]c3ccccc23)cc1. The van der Waals surface area contributed by atoms with Crippen molar-refractivity contribution in [3.63, 3.8) is 0 Å². The van der Waals surface area contributed by atoms with E-state index in [1.807, 2.05) is 55.5 Å². The van der Waals surface area contributed by atoms with E-state index >= 15 is 0 Å². The standard InChI is InChI=1S/C18H18N6O/c1-11(23-24-18(19)20)12-6-8-13(9-7-12)22-17(25)15-10-21-16-5-3-2-4-14(15)16/h2-11,21H,1H3,(H3,19,20)(H,22,25). The molecule has 0 aliphatic carbocycles. The van der Waals surface area contributed by atoms with E-state index in [2.05, 4.69) is 20.5 Å². The van der Waals surface area contributed by atoms with Gasteiger partial charge in [-0.15, -0.1) is 5.11 Å². The maximum Gasteiger partial charge on any atom is 0.257 e. The Kier molecular flexibility index (Phi) is 4.56. The van der Waals surface area contributed by atoms with Crippen LogP contribution in [0.2, 0.25) is 0 Å². The Balaban J connectivity index is 1.73. The van der Waals surface area contributed by atoms with E-state index in [0.717, 1.165) is 16.5 Å². The number of carbonyl (C=O) groups excluding carboxylic acids is 1. The zero-order valence-electron chi connectivity index (χ0n) is 13.7. The lowest BCUT2D eigenvalue weighted by molar-refractivity contribution is 0.102. The van der Waals surface area contributed by atoms with Crippen LogP contribution in [0.25, 0.3) is 10.9 Å². The number of guanidine groups is 1. The smallest absolute Gasteiger partial charge is 0.257 e. The van der Waals surface area contributed by atoms with Crippen LogP contribution in [0.1, 0.15) is 28.9 Å². The average Bonchev–Trinajstić information content (AvgIpc) is 3.04. The molecule has 0 saturated carbocycles. The number of fused-ring (bicyclic) bond motifs is 1. The minimum absolute atomic E-state index is 0.172. The van der Waals surface area contributed by atoms with Gasteiger partial charge in [0.25, 0.3) is 5.91 Å². The highest BCUT2D eigenvalue weighted by Crippen LogP contribution is 2.22. The highest BCUT2D eigenvalue weighted by molar-refractivity contribution is 6.12. The third kappa shape index (κ3) is 3.72. The van der Waals surface area contributed by atoms with Gasteiger partial charge < -0.3 is 16.0 Å². The lowest BCUT2D eigenvalue weighted by Gasteiger charge is -2.08. The van der Waals surface area contributed by atoms with Crippen molar-refractivity contribution in [2.75, 3.05) is 5.32 Å². The van der Waals surface area contributed by atoms with Gasteiger partial charge in [-0.1, -0.05) is 30.3 Å². The summed E-state index contributed by atoms with van der Waals surface area (Å²) in [4.78, 5) is 15.6. The van der Waals surface area contributed by atoms with E-state index in [9.17, 15) is 4.79 Å². The summed E-state index contributed by atoms with van der Waals surface area (Å²) in [5.41, 5.74) is 8.28. The summed E-state index contributed by atoms with van der Waals surface area (Å²) in [6, 6.07) is 14.8. The number of azo groups is 1. The zero-order valence-corrected chi connectivity index (χ0v) is 13.7. The van der Waals surface area contributed by atoms with Gasteiger partial charge in [0.15, 0.2) is 0 Å². The Morgan fingerprint density at radius 2 is 1.92 bits per heavy atom. The van der Waals surface area contributed by atoms with E-state index in [4.69, 9.17) is 11.1 Å². The molecule has 0 bridgehead atoms. The number of rotatable bonds is 4. The van der Waals surface area contributed by atoms with Gasteiger partial charge in [-0.25, -0.2) is 0 Å². The number of hydrogen-bond donors (Lipinski definition) is 4. The Hall–Kier alpha value is -3.48. The lowest BCUT2D eigenvalue weighted by atomic mass is 10.1. The van der Waals surface area contributed by atoms with Gasteiger partial charge in [0.1, 0.15) is 0 Å². The molecule has 7 heteroatoms. The first-order valence-electron chi connectivity index (χ1n) is 7.77. The average molecular weight is 334 g/mol. The van der Waals surface area contributed by atoms with E-state index in [0.29, 0.717) is 11.3 Å². The second-order valence-corrected chi connectivity index (χ2v) is 5.60. The highest BCUT2D eigenvalue weighted by Gasteiger charge is 2.12. The fraction of sp³-hybridized carbons (Fsp3) is 0.111. The van der Waals surface area contributed by atoms with Crippen LogP contribution in [0.15, 0.2) is 65.0 Å². The van der Waals surface area contributed by atoms with Crippen LogP contribution in [-0.4, -0.2) is 16.9 Å². The molecule has 1 heterocycles. The number of hydrogen-bond acceptors (Lipinski definition) is 3. The maximum absolute atomic E-state index is 12.5. The van der Waals surface area contributed by atoms with Crippen molar-refractivity contribution in [1.29, 1.82) is 5.41 Å². The van der Waals surface area contributed by atoms with Crippen LogP contribution in [0.3, 0.4) is 0 Å². The molecule has 0 fully saturated rings. The molecule has 0 saturated heterocycles. The summed E-state index contributed by atoms with van der Waals surface area (Å²) in [6.07, 6.45) is 1.71. The van der Waals surface area contributed by atoms with Crippen molar-refractivity contribution in [1.82, 2.24) is 4.98 Å². The molecule has 1 amide bonds. The van der Waals surface area contributed by atoms with Crippen molar-refractivity contribution in [3.8, 4) is 0 Å². The zero-order chi connectivity index (χ0) is 17.8. The van der Waals surface area contributed by atoms with E-state index in [1.165, 1.54) is 0 Å². The Morgan fingerprint density at radius 3 is 2.64 bits per heavy atom. The van der Waals surface area contributed by atoms with Crippen LogP contribution >= 0.6 is 0 Å². The molecular weight excluding hydrogens is 316 g/mol. The summed E-state index contributed by atoms with van der Waals surface area (Å²) in [6.45, 7) is 1.85. The first-order valence-corrected chi connectivity index (χ1v) is 7.77. The number of carbonyl (C=O) groups is 1. The highest BCUT2D eigenvalue weighted by atomic mass is 16.1. The molecule has 1 atom stereocenters. The fourth-order valence-corrected chi connectivity index (χ4v) is 2.52. The molecule has 25 heavy (non-hydrogen) atoms. The molecule has 7 nitrogen and oxygen atoms in total. The van der Waals surface area contributed by atoms with Crippen LogP contribution in [0.4, 0.5) is 5.69 Å².